The second kappa shape index (κ2) is 6.15. The molecule has 1 atom stereocenters. The van der Waals surface area contributed by atoms with Crippen molar-refractivity contribution >= 4 is 21.9 Å². The van der Waals surface area contributed by atoms with Gasteiger partial charge in [0, 0.05) is 4.47 Å². The molecule has 4 heteroatoms. The molecule has 0 radical (unpaired) electrons. The second-order valence-corrected chi connectivity index (χ2v) is 5.46. The molecular formula is C13H16BrFO2. The first kappa shape index (κ1) is 14.2. The lowest BCUT2D eigenvalue weighted by Crippen LogP contribution is -2.18. The number of rotatable bonds is 5. The molecule has 0 aliphatic heterocycles. The van der Waals surface area contributed by atoms with Gasteiger partial charge in [0.2, 0.25) is 0 Å². The Labute approximate surface area is 109 Å². The monoisotopic (exact) mass is 302 g/mol. The molecule has 94 valence electrons. The summed E-state index contributed by atoms with van der Waals surface area (Å²) in [5.74, 6) is -1.32. The summed E-state index contributed by atoms with van der Waals surface area (Å²) in [6.45, 7) is 3.97. The third kappa shape index (κ3) is 4.46. The Morgan fingerprint density at radius 2 is 2.12 bits per heavy atom. The molecule has 0 saturated carbocycles. The first-order chi connectivity index (χ1) is 7.90. The van der Waals surface area contributed by atoms with Crippen LogP contribution in [0, 0.1) is 17.7 Å². The quantitative estimate of drug-likeness (QED) is 0.896. The maximum atomic E-state index is 13.1. The van der Waals surface area contributed by atoms with Gasteiger partial charge in [-0.25, -0.2) is 4.39 Å². The lowest BCUT2D eigenvalue weighted by molar-refractivity contribution is -0.142. The van der Waals surface area contributed by atoms with E-state index in [0.29, 0.717) is 24.3 Å². The van der Waals surface area contributed by atoms with Crippen LogP contribution in [-0.2, 0) is 11.2 Å². The van der Waals surface area contributed by atoms with Crippen molar-refractivity contribution < 1.29 is 14.3 Å². The summed E-state index contributed by atoms with van der Waals surface area (Å²) in [5, 5.41) is 9.13. The van der Waals surface area contributed by atoms with Crippen LogP contribution in [0.25, 0.3) is 0 Å². The molecule has 1 unspecified atom stereocenters. The molecule has 1 rings (SSSR count). The van der Waals surface area contributed by atoms with Gasteiger partial charge in [0.15, 0.2) is 0 Å². The molecule has 0 aromatic heterocycles. The number of aliphatic carboxylic acids is 1. The molecule has 0 bridgehead atoms. The van der Waals surface area contributed by atoms with Gasteiger partial charge in [0.1, 0.15) is 5.82 Å². The number of hydrogen-bond acceptors (Lipinski definition) is 1. The minimum atomic E-state index is -0.824. The summed E-state index contributed by atoms with van der Waals surface area (Å²) in [6, 6.07) is 4.35. The number of halogens is 2. The molecule has 17 heavy (non-hydrogen) atoms. The van der Waals surface area contributed by atoms with Gasteiger partial charge in [-0.3, -0.25) is 4.79 Å². The summed E-state index contributed by atoms with van der Waals surface area (Å²) >= 11 is 3.31. The molecular weight excluding hydrogens is 287 g/mol. The van der Waals surface area contributed by atoms with E-state index >= 15 is 0 Å². The highest BCUT2D eigenvalue weighted by atomic mass is 79.9. The van der Waals surface area contributed by atoms with E-state index in [2.05, 4.69) is 15.9 Å². The number of hydrogen-bond donors (Lipinski definition) is 1. The standard InChI is InChI=1S/C13H16BrFO2/c1-8(2)5-10(13(16)17)6-9-7-11(15)3-4-12(9)14/h3-4,7-8,10H,5-6H2,1-2H3,(H,16,17). The fourth-order valence-electron chi connectivity index (χ4n) is 1.81. The first-order valence-electron chi connectivity index (χ1n) is 5.57. The minimum absolute atomic E-state index is 0.309. The second-order valence-electron chi connectivity index (χ2n) is 4.60. The number of carboxylic acid groups (broad SMARTS) is 1. The van der Waals surface area contributed by atoms with Crippen molar-refractivity contribution in [2.24, 2.45) is 11.8 Å². The molecule has 1 aromatic rings. The summed E-state index contributed by atoms with van der Waals surface area (Å²) in [6.07, 6.45) is 0.949. The van der Waals surface area contributed by atoms with Crippen LogP contribution in [0.1, 0.15) is 25.8 Å². The Kier molecular flexibility index (Phi) is 5.12. The van der Waals surface area contributed by atoms with Crippen molar-refractivity contribution in [2.75, 3.05) is 0 Å². The number of carboxylic acids is 1. The van der Waals surface area contributed by atoms with Gasteiger partial charge in [-0.05, 0) is 42.5 Å². The van der Waals surface area contributed by atoms with Crippen LogP contribution < -0.4 is 0 Å². The van der Waals surface area contributed by atoms with Crippen LogP contribution in [0.15, 0.2) is 22.7 Å². The van der Waals surface area contributed by atoms with Crippen molar-refractivity contribution in [1.82, 2.24) is 0 Å². The number of carbonyl (C=O) groups is 1. The first-order valence-corrected chi connectivity index (χ1v) is 6.36. The zero-order valence-corrected chi connectivity index (χ0v) is 11.5. The normalized spacial score (nSPS) is 12.8. The van der Waals surface area contributed by atoms with Crippen molar-refractivity contribution in [3.05, 3.63) is 34.1 Å². The van der Waals surface area contributed by atoms with Gasteiger partial charge in [0.25, 0.3) is 0 Å². The van der Waals surface area contributed by atoms with Gasteiger partial charge in [-0.2, -0.15) is 0 Å². The minimum Gasteiger partial charge on any atom is -0.481 e. The highest BCUT2D eigenvalue weighted by Gasteiger charge is 2.20. The van der Waals surface area contributed by atoms with Crippen molar-refractivity contribution in [1.29, 1.82) is 0 Å². The zero-order valence-electron chi connectivity index (χ0n) is 9.91. The molecule has 2 nitrogen and oxygen atoms in total. The van der Waals surface area contributed by atoms with Gasteiger partial charge in [0.05, 0.1) is 5.92 Å². The maximum absolute atomic E-state index is 13.1. The summed E-state index contributed by atoms with van der Waals surface area (Å²) < 4.78 is 13.9. The Morgan fingerprint density at radius 3 is 2.65 bits per heavy atom. The van der Waals surface area contributed by atoms with Crippen LogP contribution in [0.2, 0.25) is 0 Å². The van der Waals surface area contributed by atoms with E-state index in [-0.39, 0.29) is 5.82 Å². The maximum Gasteiger partial charge on any atom is 0.306 e. The van der Waals surface area contributed by atoms with Crippen molar-refractivity contribution in [3.8, 4) is 0 Å². The lowest BCUT2D eigenvalue weighted by Gasteiger charge is -2.15. The van der Waals surface area contributed by atoms with Gasteiger partial charge in [-0.1, -0.05) is 29.8 Å². The third-order valence-electron chi connectivity index (χ3n) is 2.58. The Hall–Kier alpha value is -0.900. The van der Waals surface area contributed by atoms with Crippen LogP contribution in [0.3, 0.4) is 0 Å². The smallest absolute Gasteiger partial charge is 0.306 e. The number of benzene rings is 1. The highest BCUT2D eigenvalue weighted by Crippen LogP contribution is 2.24. The Morgan fingerprint density at radius 1 is 1.47 bits per heavy atom. The molecule has 0 amide bonds. The van der Waals surface area contributed by atoms with E-state index in [9.17, 15) is 9.18 Å². The molecule has 0 heterocycles. The zero-order chi connectivity index (χ0) is 13.0. The molecule has 0 aliphatic carbocycles. The van der Waals surface area contributed by atoms with Gasteiger partial charge >= 0.3 is 5.97 Å². The van der Waals surface area contributed by atoms with Crippen LogP contribution in [0.5, 0.6) is 0 Å². The van der Waals surface area contributed by atoms with Gasteiger partial charge in [-0.15, -0.1) is 0 Å². The van der Waals surface area contributed by atoms with Crippen molar-refractivity contribution in [3.63, 3.8) is 0 Å². The van der Waals surface area contributed by atoms with E-state index in [4.69, 9.17) is 5.11 Å². The molecule has 1 N–H and O–H groups in total. The fourth-order valence-corrected chi connectivity index (χ4v) is 2.21. The lowest BCUT2D eigenvalue weighted by atomic mass is 9.91. The van der Waals surface area contributed by atoms with Crippen LogP contribution in [0.4, 0.5) is 4.39 Å². The summed E-state index contributed by atoms with van der Waals surface area (Å²) in [5.41, 5.74) is 0.707. The highest BCUT2D eigenvalue weighted by molar-refractivity contribution is 9.10. The van der Waals surface area contributed by atoms with E-state index in [1.165, 1.54) is 12.1 Å². The molecule has 0 fully saturated rings. The average Bonchev–Trinajstić information content (AvgIpc) is 2.21. The Bertz CT molecular complexity index is 404. The summed E-state index contributed by atoms with van der Waals surface area (Å²) in [7, 11) is 0. The predicted molar refractivity (Wildman–Crippen MR) is 68.4 cm³/mol. The Balaban J connectivity index is 2.85. The van der Waals surface area contributed by atoms with E-state index < -0.39 is 11.9 Å². The van der Waals surface area contributed by atoms with Crippen molar-refractivity contribution in [2.45, 2.75) is 26.7 Å². The SMILES string of the molecule is CC(C)CC(Cc1cc(F)ccc1Br)C(=O)O. The van der Waals surface area contributed by atoms with E-state index in [0.717, 1.165) is 4.47 Å². The van der Waals surface area contributed by atoms with E-state index in [1.54, 1.807) is 6.07 Å². The molecule has 0 aliphatic rings. The van der Waals surface area contributed by atoms with Gasteiger partial charge < -0.3 is 5.11 Å². The molecule has 0 spiro atoms. The predicted octanol–water partition coefficient (Wildman–Crippen LogP) is 3.88. The third-order valence-corrected chi connectivity index (χ3v) is 3.35. The molecule has 0 saturated heterocycles. The fraction of sp³-hybridized carbons (Fsp3) is 0.462. The summed E-state index contributed by atoms with van der Waals surface area (Å²) in [4.78, 5) is 11.1. The van der Waals surface area contributed by atoms with E-state index in [1.807, 2.05) is 13.8 Å². The molecule has 1 aromatic carbocycles. The van der Waals surface area contributed by atoms with Crippen LogP contribution in [-0.4, -0.2) is 11.1 Å². The largest absolute Gasteiger partial charge is 0.481 e. The topological polar surface area (TPSA) is 37.3 Å². The average molecular weight is 303 g/mol. The van der Waals surface area contributed by atoms with Crippen LogP contribution >= 0.6 is 15.9 Å².